The lowest BCUT2D eigenvalue weighted by atomic mass is 10.2. The number of anilines is 2. The first kappa shape index (κ1) is 20.4. The number of fused-ring (bicyclic) bond motifs is 1. The Labute approximate surface area is 183 Å². The second-order valence-electron chi connectivity index (χ2n) is 6.58. The van der Waals surface area contributed by atoms with Crippen molar-refractivity contribution in [2.45, 2.75) is 4.90 Å². The van der Waals surface area contributed by atoms with E-state index in [4.69, 9.17) is 11.6 Å². The monoisotopic (exact) mass is 456 g/mol. The summed E-state index contributed by atoms with van der Waals surface area (Å²) in [5.41, 5.74) is 1.22. The van der Waals surface area contributed by atoms with Crippen molar-refractivity contribution in [1.82, 2.24) is 0 Å². The molecule has 0 unspecified atom stereocenters. The molecule has 8 heteroatoms. The highest BCUT2D eigenvalue weighted by molar-refractivity contribution is 7.92. The Morgan fingerprint density at radius 3 is 2.37 bits per heavy atom. The molecule has 1 amide bonds. The van der Waals surface area contributed by atoms with Gasteiger partial charge in [0.15, 0.2) is 0 Å². The number of carbonyl (C=O) groups is 1. The molecule has 0 aliphatic heterocycles. The summed E-state index contributed by atoms with van der Waals surface area (Å²) >= 11 is 7.22. The Kier molecular flexibility index (Phi) is 5.51. The van der Waals surface area contributed by atoms with Crippen LogP contribution in [0.3, 0.4) is 0 Å². The molecular weight excluding hydrogens is 440 g/mol. The molecule has 0 spiro atoms. The van der Waals surface area contributed by atoms with Crippen LogP contribution < -0.4 is 9.62 Å². The van der Waals surface area contributed by atoms with Crippen LogP contribution in [0.2, 0.25) is 5.02 Å². The molecule has 1 heterocycles. The molecule has 0 fully saturated rings. The molecule has 1 N–H and O–H groups in total. The van der Waals surface area contributed by atoms with E-state index in [0.29, 0.717) is 15.6 Å². The highest BCUT2D eigenvalue weighted by Gasteiger charge is 2.22. The van der Waals surface area contributed by atoms with E-state index in [1.54, 1.807) is 30.3 Å². The average Bonchev–Trinajstić information content (AvgIpc) is 3.18. The van der Waals surface area contributed by atoms with E-state index in [0.717, 1.165) is 15.8 Å². The topological polar surface area (TPSA) is 66.5 Å². The van der Waals surface area contributed by atoms with E-state index in [2.05, 4.69) is 5.32 Å². The number of halogens is 1. The van der Waals surface area contributed by atoms with Gasteiger partial charge in [-0.25, -0.2) is 8.42 Å². The van der Waals surface area contributed by atoms with Crippen LogP contribution >= 0.6 is 22.9 Å². The fourth-order valence-corrected chi connectivity index (χ4v) is 5.21. The second-order valence-corrected chi connectivity index (χ2v) is 10.1. The molecule has 0 aliphatic rings. The minimum absolute atomic E-state index is 0.155. The van der Waals surface area contributed by atoms with Gasteiger partial charge in [-0.1, -0.05) is 29.8 Å². The number of para-hydroxylation sites is 1. The summed E-state index contributed by atoms with van der Waals surface area (Å²) < 4.78 is 28.0. The van der Waals surface area contributed by atoms with Crippen molar-refractivity contribution in [2.24, 2.45) is 0 Å². The van der Waals surface area contributed by atoms with Crippen LogP contribution in [0.1, 0.15) is 9.67 Å². The summed E-state index contributed by atoms with van der Waals surface area (Å²) in [7, 11) is -2.23. The molecule has 0 radical (unpaired) electrons. The van der Waals surface area contributed by atoms with Gasteiger partial charge in [-0.05, 0) is 66.0 Å². The number of rotatable bonds is 5. The zero-order valence-corrected chi connectivity index (χ0v) is 18.3. The van der Waals surface area contributed by atoms with E-state index in [1.165, 1.54) is 34.8 Å². The molecule has 0 bridgehead atoms. The Bertz CT molecular complexity index is 1320. The molecule has 4 aromatic rings. The van der Waals surface area contributed by atoms with Gasteiger partial charge in [0.1, 0.15) is 0 Å². The number of thiophene rings is 1. The minimum atomic E-state index is -3.73. The van der Waals surface area contributed by atoms with Gasteiger partial charge >= 0.3 is 0 Å². The van der Waals surface area contributed by atoms with Gasteiger partial charge < -0.3 is 5.32 Å². The largest absolute Gasteiger partial charge is 0.321 e. The summed E-state index contributed by atoms with van der Waals surface area (Å²) in [6, 6.07) is 22.3. The lowest BCUT2D eigenvalue weighted by molar-refractivity contribution is 0.103. The van der Waals surface area contributed by atoms with Gasteiger partial charge in [-0.15, -0.1) is 11.3 Å². The Hall–Kier alpha value is -2.87. The second kappa shape index (κ2) is 8.10. The number of hydrogen-bond donors (Lipinski definition) is 1. The van der Waals surface area contributed by atoms with Crippen LogP contribution in [0.15, 0.2) is 83.8 Å². The lowest BCUT2D eigenvalue weighted by Gasteiger charge is -2.19. The molecule has 152 valence electrons. The van der Waals surface area contributed by atoms with Crippen molar-refractivity contribution in [1.29, 1.82) is 0 Å². The predicted molar refractivity (Wildman–Crippen MR) is 123 cm³/mol. The third-order valence-corrected chi connectivity index (χ3v) is 7.76. The fourth-order valence-electron chi connectivity index (χ4n) is 2.96. The van der Waals surface area contributed by atoms with Crippen LogP contribution in [-0.4, -0.2) is 21.4 Å². The molecule has 4 rings (SSSR count). The molecule has 3 aromatic carbocycles. The SMILES string of the molecule is CN(c1ccc2sc(C(=O)Nc3ccccc3)cc2c1)S(=O)(=O)c1ccc(Cl)cc1. The molecule has 0 saturated heterocycles. The maximum absolute atomic E-state index is 12.9. The van der Waals surface area contributed by atoms with Gasteiger partial charge in [0.05, 0.1) is 15.5 Å². The fraction of sp³-hybridized carbons (Fsp3) is 0.0455. The van der Waals surface area contributed by atoms with Crippen molar-refractivity contribution < 1.29 is 13.2 Å². The molecule has 1 aromatic heterocycles. The zero-order chi connectivity index (χ0) is 21.3. The van der Waals surface area contributed by atoms with E-state index in [-0.39, 0.29) is 10.8 Å². The normalized spacial score (nSPS) is 11.4. The van der Waals surface area contributed by atoms with Gasteiger partial charge in [-0.2, -0.15) is 0 Å². The van der Waals surface area contributed by atoms with E-state index in [9.17, 15) is 13.2 Å². The summed E-state index contributed by atoms with van der Waals surface area (Å²) in [5.74, 6) is -0.203. The summed E-state index contributed by atoms with van der Waals surface area (Å²) in [5, 5.41) is 4.13. The first-order chi connectivity index (χ1) is 14.3. The van der Waals surface area contributed by atoms with Gasteiger partial charge in [-0.3, -0.25) is 9.10 Å². The Morgan fingerprint density at radius 2 is 1.67 bits per heavy atom. The summed E-state index contributed by atoms with van der Waals surface area (Å²) in [6.45, 7) is 0. The number of nitrogens with one attached hydrogen (secondary N) is 1. The van der Waals surface area contributed by atoms with Crippen molar-refractivity contribution in [2.75, 3.05) is 16.7 Å². The summed E-state index contributed by atoms with van der Waals surface area (Å²) in [6.07, 6.45) is 0. The quantitative estimate of drug-likeness (QED) is 0.423. The third-order valence-electron chi connectivity index (χ3n) is 4.59. The van der Waals surface area contributed by atoms with Crippen LogP contribution in [0.25, 0.3) is 10.1 Å². The van der Waals surface area contributed by atoms with Crippen molar-refractivity contribution >= 4 is 60.3 Å². The van der Waals surface area contributed by atoms with Crippen LogP contribution in [0, 0.1) is 0 Å². The van der Waals surface area contributed by atoms with Crippen molar-refractivity contribution in [3.8, 4) is 0 Å². The number of amides is 1. The smallest absolute Gasteiger partial charge is 0.265 e. The van der Waals surface area contributed by atoms with Crippen molar-refractivity contribution in [3.05, 3.63) is 88.8 Å². The number of hydrogen-bond acceptors (Lipinski definition) is 4. The van der Waals surface area contributed by atoms with Crippen LogP contribution in [0.4, 0.5) is 11.4 Å². The number of benzene rings is 3. The first-order valence-electron chi connectivity index (χ1n) is 8.99. The highest BCUT2D eigenvalue weighted by atomic mass is 35.5. The van der Waals surface area contributed by atoms with E-state index >= 15 is 0 Å². The van der Waals surface area contributed by atoms with Crippen LogP contribution in [0.5, 0.6) is 0 Å². The molecule has 30 heavy (non-hydrogen) atoms. The average molecular weight is 457 g/mol. The first-order valence-corrected chi connectivity index (χ1v) is 11.6. The number of sulfonamides is 1. The highest BCUT2D eigenvalue weighted by Crippen LogP contribution is 2.31. The number of carbonyl (C=O) groups excluding carboxylic acids is 1. The van der Waals surface area contributed by atoms with E-state index in [1.807, 2.05) is 36.4 Å². The standard InChI is InChI=1S/C22H17ClN2O3S2/c1-25(30(27,28)19-10-7-16(23)8-11-19)18-9-12-20-15(13-18)14-21(29-20)22(26)24-17-5-3-2-4-6-17/h2-14H,1H3,(H,24,26). The third kappa shape index (κ3) is 4.05. The van der Waals surface area contributed by atoms with E-state index < -0.39 is 10.0 Å². The predicted octanol–water partition coefficient (Wildman–Crippen LogP) is 5.63. The maximum atomic E-state index is 12.9. The Morgan fingerprint density at radius 1 is 0.967 bits per heavy atom. The van der Waals surface area contributed by atoms with Gasteiger partial charge in [0, 0.05) is 22.5 Å². The van der Waals surface area contributed by atoms with Crippen molar-refractivity contribution in [3.63, 3.8) is 0 Å². The zero-order valence-electron chi connectivity index (χ0n) is 15.9. The maximum Gasteiger partial charge on any atom is 0.265 e. The summed E-state index contributed by atoms with van der Waals surface area (Å²) in [4.78, 5) is 13.3. The molecule has 0 aliphatic carbocycles. The molecule has 5 nitrogen and oxygen atoms in total. The molecule has 0 atom stereocenters. The molecular formula is C22H17ClN2O3S2. The minimum Gasteiger partial charge on any atom is -0.321 e. The Balaban J connectivity index is 1.62. The number of nitrogens with zero attached hydrogens (tertiary/aromatic N) is 1. The van der Waals surface area contributed by atoms with Gasteiger partial charge in [0.25, 0.3) is 15.9 Å². The molecule has 0 saturated carbocycles. The van der Waals surface area contributed by atoms with Crippen LogP contribution in [-0.2, 0) is 10.0 Å². The van der Waals surface area contributed by atoms with Gasteiger partial charge in [0.2, 0.25) is 0 Å². The lowest BCUT2D eigenvalue weighted by Crippen LogP contribution is -2.26.